The molecule has 3 N–H and O–H groups in total. The molecule has 1 unspecified atom stereocenters. The third kappa shape index (κ3) is 5.58. The summed E-state index contributed by atoms with van der Waals surface area (Å²) < 4.78 is 0. The van der Waals surface area contributed by atoms with Gasteiger partial charge in [0, 0.05) is 25.2 Å². The number of nitrogens with one attached hydrogen (secondary N) is 1. The van der Waals surface area contributed by atoms with Crippen LogP contribution in [0.4, 0.5) is 5.69 Å². The zero-order chi connectivity index (χ0) is 16.7. The van der Waals surface area contributed by atoms with Gasteiger partial charge in [-0.25, -0.2) is 4.99 Å². The Morgan fingerprint density at radius 1 is 1.39 bits per heavy atom. The van der Waals surface area contributed by atoms with E-state index in [1.54, 1.807) is 0 Å². The molecule has 5 heteroatoms. The number of nitrogens with zero attached hydrogens (tertiary/aromatic N) is 2. The third-order valence-corrected chi connectivity index (χ3v) is 4.12. The fraction of sp³-hybridized carbons (Fsp3) is 0.556. The first kappa shape index (κ1) is 17.3. The maximum Gasteiger partial charge on any atom is 0.224 e. The first-order valence-corrected chi connectivity index (χ1v) is 8.52. The van der Waals surface area contributed by atoms with Gasteiger partial charge in [-0.1, -0.05) is 26.0 Å². The number of amides is 1. The molecule has 2 rings (SSSR count). The molecule has 1 atom stereocenters. The minimum Gasteiger partial charge on any atom is -0.370 e. The molecule has 23 heavy (non-hydrogen) atoms. The molecule has 1 heterocycles. The molecule has 1 aromatic rings. The number of benzene rings is 1. The number of hydrogen-bond donors (Lipinski definition) is 2. The van der Waals surface area contributed by atoms with E-state index in [4.69, 9.17) is 5.73 Å². The van der Waals surface area contributed by atoms with Crippen molar-refractivity contribution in [2.24, 2.45) is 16.6 Å². The Balaban J connectivity index is 1.87. The number of piperidine rings is 1. The highest BCUT2D eigenvalue weighted by Crippen LogP contribution is 2.15. The molecule has 1 fully saturated rings. The Morgan fingerprint density at radius 3 is 2.78 bits per heavy atom. The number of aliphatic imine (C=N–C) groups is 1. The molecule has 0 spiro atoms. The van der Waals surface area contributed by atoms with Crippen molar-refractivity contribution in [3.63, 3.8) is 0 Å². The summed E-state index contributed by atoms with van der Waals surface area (Å²) in [5, 5.41) is 2.88. The molecule has 0 aliphatic carbocycles. The average Bonchev–Trinajstić information content (AvgIpc) is 2.54. The largest absolute Gasteiger partial charge is 0.370 e. The maximum absolute atomic E-state index is 11.6. The monoisotopic (exact) mass is 316 g/mol. The van der Waals surface area contributed by atoms with E-state index in [1.165, 1.54) is 12.8 Å². The summed E-state index contributed by atoms with van der Waals surface area (Å²) >= 11 is 0. The van der Waals surface area contributed by atoms with Gasteiger partial charge in [-0.05, 0) is 42.9 Å². The second-order valence-corrected chi connectivity index (χ2v) is 6.36. The van der Waals surface area contributed by atoms with Crippen molar-refractivity contribution in [3.05, 3.63) is 29.8 Å². The molecular weight excluding hydrogens is 288 g/mol. The maximum atomic E-state index is 11.6. The lowest BCUT2D eigenvalue weighted by Crippen LogP contribution is -2.43. The van der Waals surface area contributed by atoms with Gasteiger partial charge in [0.1, 0.15) is 0 Å². The van der Waals surface area contributed by atoms with Crippen LogP contribution in [0.5, 0.6) is 0 Å². The topological polar surface area (TPSA) is 70.7 Å². The van der Waals surface area contributed by atoms with Gasteiger partial charge in [0.2, 0.25) is 5.91 Å². The highest BCUT2D eigenvalue weighted by molar-refractivity contribution is 5.90. The molecule has 0 bridgehead atoms. The molecule has 126 valence electrons. The van der Waals surface area contributed by atoms with E-state index in [0.29, 0.717) is 24.8 Å². The number of hydrogen-bond acceptors (Lipinski definition) is 2. The van der Waals surface area contributed by atoms with Crippen molar-refractivity contribution in [3.8, 4) is 0 Å². The van der Waals surface area contributed by atoms with E-state index in [9.17, 15) is 4.79 Å². The van der Waals surface area contributed by atoms with Gasteiger partial charge in [-0.3, -0.25) is 4.79 Å². The summed E-state index contributed by atoms with van der Waals surface area (Å²) in [6.45, 7) is 6.82. The normalized spacial score (nSPS) is 18.8. The second-order valence-electron chi connectivity index (χ2n) is 6.36. The minimum atomic E-state index is 0.0572. The predicted octanol–water partition coefficient (Wildman–Crippen LogP) is 2.97. The number of guanidine groups is 1. The van der Waals surface area contributed by atoms with Crippen LogP contribution in [0, 0.1) is 5.92 Å². The molecular formula is C18H28N4O. The van der Waals surface area contributed by atoms with Crippen LogP contribution in [-0.4, -0.2) is 29.9 Å². The van der Waals surface area contributed by atoms with Crippen LogP contribution < -0.4 is 11.1 Å². The summed E-state index contributed by atoms with van der Waals surface area (Å²) in [6, 6.07) is 7.80. The molecule has 1 saturated heterocycles. The van der Waals surface area contributed by atoms with E-state index in [0.717, 1.165) is 30.8 Å². The Hall–Kier alpha value is -2.04. The fourth-order valence-electron chi connectivity index (χ4n) is 2.81. The number of carbonyl (C=O) groups is 1. The van der Waals surface area contributed by atoms with Crippen LogP contribution in [-0.2, 0) is 11.3 Å². The van der Waals surface area contributed by atoms with Gasteiger partial charge in [-0.2, -0.15) is 0 Å². The number of carbonyl (C=O) groups excluding carboxylic acids is 1. The summed E-state index contributed by atoms with van der Waals surface area (Å²) in [4.78, 5) is 18.2. The number of rotatable bonds is 5. The quantitative estimate of drug-likeness (QED) is 0.648. The van der Waals surface area contributed by atoms with Crippen molar-refractivity contribution in [2.45, 2.75) is 46.1 Å². The third-order valence-electron chi connectivity index (χ3n) is 4.12. The van der Waals surface area contributed by atoms with Gasteiger partial charge < -0.3 is 16.0 Å². The SMILES string of the molecule is CCCC(=O)Nc1ccc(CN=C(N)N2CCCC(C)C2)cc1. The van der Waals surface area contributed by atoms with Crippen LogP contribution >= 0.6 is 0 Å². The molecule has 5 nitrogen and oxygen atoms in total. The number of nitrogens with two attached hydrogens (primary N) is 1. The Labute approximate surface area is 139 Å². The van der Waals surface area contributed by atoms with Crippen LogP contribution in [0.15, 0.2) is 29.3 Å². The summed E-state index contributed by atoms with van der Waals surface area (Å²) in [6.07, 6.45) is 3.86. The minimum absolute atomic E-state index is 0.0572. The van der Waals surface area contributed by atoms with Crippen molar-refractivity contribution < 1.29 is 4.79 Å². The van der Waals surface area contributed by atoms with Crippen LogP contribution in [0.25, 0.3) is 0 Å². The van der Waals surface area contributed by atoms with Gasteiger partial charge in [0.05, 0.1) is 6.54 Å². The van der Waals surface area contributed by atoms with Gasteiger partial charge in [0.15, 0.2) is 5.96 Å². The van der Waals surface area contributed by atoms with Crippen molar-refractivity contribution >= 4 is 17.6 Å². The summed E-state index contributed by atoms with van der Waals surface area (Å²) in [7, 11) is 0. The molecule has 0 radical (unpaired) electrons. The first-order valence-electron chi connectivity index (χ1n) is 8.52. The summed E-state index contributed by atoms with van der Waals surface area (Å²) in [5.74, 6) is 1.38. The van der Waals surface area contributed by atoms with Crippen LogP contribution in [0.1, 0.15) is 45.1 Å². The fourth-order valence-corrected chi connectivity index (χ4v) is 2.81. The van der Waals surface area contributed by atoms with E-state index < -0.39 is 0 Å². The zero-order valence-corrected chi connectivity index (χ0v) is 14.2. The number of likely N-dealkylation sites (tertiary alicyclic amines) is 1. The zero-order valence-electron chi connectivity index (χ0n) is 14.2. The molecule has 0 saturated carbocycles. The molecule has 1 amide bonds. The van der Waals surface area contributed by atoms with E-state index in [2.05, 4.69) is 22.1 Å². The number of anilines is 1. The summed E-state index contributed by atoms with van der Waals surface area (Å²) in [5.41, 5.74) is 8.02. The van der Waals surface area contributed by atoms with Gasteiger partial charge >= 0.3 is 0 Å². The average molecular weight is 316 g/mol. The molecule has 0 aromatic heterocycles. The van der Waals surface area contributed by atoms with E-state index >= 15 is 0 Å². The predicted molar refractivity (Wildman–Crippen MR) is 95.3 cm³/mol. The van der Waals surface area contributed by atoms with Crippen molar-refractivity contribution in [1.29, 1.82) is 0 Å². The molecule has 1 aliphatic heterocycles. The second kappa shape index (κ2) is 8.56. The van der Waals surface area contributed by atoms with Gasteiger partial charge in [-0.15, -0.1) is 0 Å². The van der Waals surface area contributed by atoms with Gasteiger partial charge in [0.25, 0.3) is 0 Å². The first-order chi connectivity index (χ1) is 11.1. The lowest BCUT2D eigenvalue weighted by atomic mass is 10.0. The van der Waals surface area contributed by atoms with E-state index in [1.807, 2.05) is 31.2 Å². The lowest BCUT2D eigenvalue weighted by molar-refractivity contribution is -0.116. The Bertz CT molecular complexity index is 538. The van der Waals surface area contributed by atoms with Crippen LogP contribution in [0.3, 0.4) is 0 Å². The standard InChI is InChI=1S/C18H28N4O/c1-3-5-17(23)21-16-9-7-15(8-10-16)12-20-18(19)22-11-4-6-14(2)13-22/h7-10,14H,3-6,11-13H2,1-2H3,(H2,19,20)(H,21,23). The highest BCUT2D eigenvalue weighted by Gasteiger charge is 2.17. The Kier molecular flexibility index (Phi) is 6.44. The smallest absolute Gasteiger partial charge is 0.224 e. The Morgan fingerprint density at radius 2 is 2.13 bits per heavy atom. The molecule has 1 aliphatic rings. The van der Waals surface area contributed by atoms with Crippen LogP contribution in [0.2, 0.25) is 0 Å². The lowest BCUT2D eigenvalue weighted by Gasteiger charge is -2.31. The molecule has 1 aromatic carbocycles. The highest BCUT2D eigenvalue weighted by atomic mass is 16.1. The van der Waals surface area contributed by atoms with Crippen molar-refractivity contribution in [1.82, 2.24) is 4.90 Å². The van der Waals surface area contributed by atoms with Crippen molar-refractivity contribution in [2.75, 3.05) is 18.4 Å². The van der Waals surface area contributed by atoms with E-state index in [-0.39, 0.29) is 5.91 Å².